The summed E-state index contributed by atoms with van der Waals surface area (Å²) in [6, 6.07) is -0.444. The number of nitrogens with one attached hydrogen (secondary N) is 1. The van der Waals surface area contributed by atoms with Crippen LogP contribution in [0, 0.1) is 5.92 Å². The molecule has 3 N–H and O–H groups in total. The monoisotopic (exact) mass is 262 g/mol. The minimum Gasteiger partial charge on any atom is -0.468 e. The number of thioether (sulfide) groups is 1. The lowest BCUT2D eigenvalue weighted by Crippen LogP contribution is -2.42. The molecule has 0 radical (unpaired) electrons. The van der Waals surface area contributed by atoms with Crippen LogP contribution >= 0.6 is 11.8 Å². The van der Waals surface area contributed by atoms with Gasteiger partial charge in [0, 0.05) is 12.3 Å². The van der Waals surface area contributed by atoms with Crippen molar-refractivity contribution in [3.8, 4) is 0 Å². The summed E-state index contributed by atoms with van der Waals surface area (Å²) < 4.78 is 4.49. The lowest BCUT2D eigenvalue weighted by Gasteiger charge is -2.13. The van der Waals surface area contributed by atoms with E-state index < -0.39 is 6.04 Å². The van der Waals surface area contributed by atoms with E-state index in [4.69, 9.17) is 5.73 Å². The molecule has 6 heteroatoms. The molecule has 17 heavy (non-hydrogen) atoms. The highest BCUT2D eigenvalue weighted by atomic mass is 32.2. The van der Waals surface area contributed by atoms with Crippen molar-refractivity contribution in [3.63, 3.8) is 0 Å². The van der Waals surface area contributed by atoms with Crippen molar-refractivity contribution in [2.75, 3.05) is 25.2 Å². The summed E-state index contributed by atoms with van der Waals surface area (Å²) in [7, 11) is 1.36. The zero-order valence-electron chi connectivity index (χ0n) is 10.7. The minimum absolute atomic E-state index is 0.127. The van der Waals surface area contributed by atoms with Crippen molar-refractivity contribution in [2.24, 2.45) is 11.7 Å². The van der Waals surface area contributed by atoms with Crippen molar-refractivity contribution < 1.29 is 14.3 Å². The van der Waals surface area contributed by atoms with Gasteiger partial charge in [-0.15, -0.1) is 11.8 Å². The molecule has 0 aliphatic rings. The van der Waals surface area contributed by atoms with E-state index in [9.17, 15) is 9.59 Å². The molecule has 0 aliphatic carbocycles. The summed E-state index contributed by atoms with van der Waals surface area (Å²) in [5.74, 6) is 1.01. The van der Waals surface area contributed by atoms with Gasteiger partial charge in [0.25, 0.3) is 0 Å². The first kappa shape index (κ1) is 16.2. The molecule has 0 unspecified atom stereocenters. The summed E-state index contributed by atoms with van der Waals surface area (Å²) in [5.41, 5.74) is 5.71. The first-order valence-corrected chi connectivity index (χ1v) is 6.80. The molecule has 1 atom stereocenters. The fraction of sp³-hybridized carbons (Fsp3) is 0.818. The number of ether oxygens (including phenoxy) is 1. The van der Waals surface area contributed by atoms with Gasteiger partial charge < -0.3 is 15.8 Å². The Labute approximate surface area is 107 Å². The lowest BCUT2D eigenvalue weighted by atomic mass is 10.0. The van der Waals surface area contributed by atoms with Crippen molar-refractivity contribution in [3.05, 3.63) is 0 Å². The van der Waals surface area contributed by atoms with Crippen molar-refractivity contribution in [2.45, 2.75) is 26.3 Å². The van der Waals surface area contributed by atoms with Gasteiger partial charge >= 0.3 is 5.97 Å². The zero-order chi connectivity index (χ0) is 13.3. The Morgan fingerprint density at radius 3 is 2.59 bits per heavy atom. The standard InChI is InChI=1S/C11H22N2O3S/c1-8(2)6-9(12)11(15)13-4-5-17-7-10(14)16-3/h8-9H,4-7,12H2,1-3H3,(H,13,15)/t9-/m0/s1. The van der Waals surface area contributed by atoms with E-state index in [1.807, 2.05) is 13.8 Å². The molecule has 0 bridgehead atoms. The van der Waals surface area contributed by atoms with Gasteiger partial charge in [-0.3, -0.25) is 9.59 Å². The second-order valence-electron chi connectivity index (χ2n) is 4.16. The third kappa shape index (κ3) is 9.00. The Kier molecular flexibility index (Phi) is 8.89. The molecule has 0 aromatic carbocycles. The molecular formula is C11H22N2O3S. The van der Waals surface area contributed by atoms with Gasteiger partial charge in [0.1, 0.15) is 0 Å². The predicted molar refractivity (Wildman–Crippen MR) is 69.8 cm³/mol. The van der Waals surface area contributed by atoms with Gasteiger partial charge in [0.2, 0.25) is 5.91 Å². The largest absolute Gasteiger partial charge is 0.468 e. The number of amides is 1. The second-order valence-corrected chi connectivity index (χ2v) is 5.26. The van der Waals surface area contributed by atoms with Gasteiger partial charge in [-0.1, -0.05) is 13.8 Å². The molecule has 0 aliphatic heterocycles. The SMILES string of the molecule is COC(=O)CSCCNC(=O)[C@@H](N)CC(C)C. The molecule has 0 fully saturated rings. The first-order valence-electron chi connectivity index (χ1n) is 5.65. The van der Waals surface area contributed by atoms with E-state index in [2.05, 4.69) is 10.1 Å². The van der Waals surface area contributed by atoms with Crippen LogP contribution in [0.25, 0.3) is 0 Å². The number of esters is 1. The topological polar surface area (TPSA) is 81.4 Å². The molecule has 0 aromatic heterocycles. The zero-order valence-corrected chi connectivity index (χ0v) is 11.5. The minimum atomic E-state index is -0.444. The van der Waals surface area contributed by atoms with Crippen LogP contribution in [-0.2, 0) is 14.3 Å². The van der Waals surface area contributed by atoms with Crippen LogP contribution < -0.4 is 11.1 Å². The van der Waals surface area contributed by atoms with Gasteiger partial charge in [-0.2, -0.15) is 0 Å². The van der Waals surface area contributed by atoms with E-state index in [-0.39, 0.29) is 11.9 Å². The summed E-state index contributed by atoms with van der Waals surface area (Å²) in [6.07, 6.45) is 0.682. The van der Waals surface area contributed by atoms with Gasteiger partial charge in [-0.05, 0) is 12.3 Å². The summed E-state index contributed by atoms with van der Waals surface area (Å²) >= 11 is 1.42. The average molecular weight is 262 g/mol. The van der Waals surface area contributed by atoms with Crippen molar-refractivity contribution >= 4 is 23.6 Å². The molecule has 0 saturated heterocycles. The second kappa shape index (κ2) is 9.30. The Morgan fingerprint density at radius 2 is 2.06 bits per heavy atom. The van der Waals surface area contributed by atoms with Crippen LogP contribution in [0.1, 0.15) is 20.3 Å². The third-order valence-corrected chi connectivity index (χ3v) is 2.99. The summed E-state index contributed by atoms with van der Waals surface area (Å²) in [4.78, 5) is 22.3. The highest BCUT2D eigenvalue weighted by molar-refractivity contribution is 7.99. The van der Waals surface area contributed by atoms with Crippen LogP contribution in [-0.4, -0.2) is 43.1 Å². The molecule has 5 nitrogen and oxygen atoms in total. The van der Waals surface area contributed by atoms with E-state index in [0.717, 1.165) is 0 Å². The Morgan fingerprint density at radius 1 is 1.41 bits per heavy atom. The van der Waals surface area contributed by atoms with E-state index in [1.165, 1.54) is 18.9 Å². The normalized spacial score (nSPS) is 12.3. The van der Waals surface area contributed by atoms with Crippen LogP contribution in [0.5, 0.6) is 0 Å². The molecule has 0 rings (SSSR count). The fourth-order valence-electron chi connectivity index (χ4n) is 1.21. The molecule has 0 heterocycles. The Bertz CT molecular complexity index is 247. The molecule has 0 spiro atoms. The maximum atomic E-state index is 11.5. The van der Waals surface area contributed by atoms with Crippen molar-refractivity contribution in [1.29, 1.82) is 0 Å². The van der Waals surface area contributed by atoms with Gasteiger partial charge in [-0.25, -0.2) is 0 Å². The highest BCUT2D eigenvalue weighted by Gasteiger charge is 2.13. The Hall–Kier alpha value is -0.750. The first-order chi connectivity index (χ1) is 7.97. The smallest absolute Gasteiger partial charge is 0.315 e. The fourth-order valence-corrected chi connectivity index (χ4v) is 1.88. The summed E-state index contributed by atoms with van der Waals surface area (Å²) in [5, 5.41) is 2.74. The Balaban J connectivity index is 3.54. The number of methoxy groups -OCH3 is 1. The molecule has 100 valence electrons. The van der Waals surface area contributed by atoms with Gasteiger partial charge in [0.05, 0.1) is 18.9 Å². The molecule has 1 amide bonds. The molecule has 0 aromatic rings. The van der Waals surface area contributed by atoms with E-state index >= 15 is 0 Å². The van der Waals surface area contributed by atoms with E-state index in [1.54, 1.807) is 0 Å². The molecule has 0 saturated carbocycles. The number of hydrogen-bond donors (Lipinski definition) is 2. The maximum absolute atomic E-state index is 11.5. The van der Waals surface area contributed by atoms with Crippen LogP contribution in [0.2, 0.25) is 0 Å². The van der Waals surface area contributed by atoms with E-state index in [0.29, 0.717) is 30.4 Å². The maximum Gasteiger partial charge on any atom is 0.315 e. The van der Waals surface area contributed by atoms with Crippen LogP contribution in [0.3, 0.4) is 0 Å². The van der Waals surface area contributed by atoms with Gasteiger partial charge in [0.15, 0.2) is 0 Å². The quantitative estimate of drug-likeness (QED) is 0.488. The molecular weight excluding hydrogens is 240 g/mol. The third-order valence-electron chi connectivity index (χ3n) is 2.06. The lowest BCUT2D eigenvalue weighted by molar-refractivity contribution is -0.137. The number of rotatable bonds is 8. The van der Waals surface area contributed by atoms with Crippen LogP contribution in [0.4, 0.5) is 0 Å². The van der Waals surface area contributed by atoms with Crippen molar-refractivity contribution in [1.82, 2.24) is 5.32 Å². The predicted octanol–water partition coefficient (Wildman–Crippen LogP) is 0.382. The number of carbonyl (C=O) groups is 2. The van der Waals surface area contributed by atoms with Crippen LogP contribution in [0.15, 0.2) is 0 Å². The number of nitrogens with two attached hydrogens (primary N) is 1. The number of carbonyl (C=O) groups excluding carboxylic acids is 2. The highest BCUT2D eigenvalue weighted by Crippen LogP contribution is 2.03. The summed E-state index contributed by atoms with van der Waals surface area (Å²) in [6.45, 7) is 4.57. The average Bonchev–Trinajstić information content (AvgIpc) is 2.26. The number of hydrogen-bond acceptors (Lipinski definition) is 5.